The number of ether oxygens (including phenoxy) is 3. The SMILES string of the molecule is Cc1ccc(CCN(C(=O)C2=C(c3ccc(OCCOc4cc(C)c(C)cc4Cl)cc3)CC3CNCC2N3C(=O)OC(C)(C)C(Cl)(Cl)Cl)C2CC2)cc1.Cl. The van der Waals surface area contributed by atoms with Gasteiger partial charge < -0.3 is 24.4 Å². The minimum absolute atomic E-state index is 0. The zero-order chi connectivity index (χ0) is 38.1. The van der Waals surface area contributed by atoms with Crippen LogP contribution in [0.5, 0.6) is 11.5 Å². The molecule has 2 aliphatic heterocycles. The second-order valence-corrected chi connectivity index (χ2v) is 17.4. The summed E-state index contributed by atoms with van der Waals surface area (Å²) in [6.07, 6.45) is 2.44. The molecule has 0 aromatic heterocycles. The van der Waals surface area contributed by atoms with Gasteiger partial charge in [-0.25, -0.2) is 4.79 Å². The first-order valence-electron chi connectivity index (χ1n) is 18.1. The van der Waals surface area contributed by atoms with Gasteiger partial charge >= 0.3 is 6.09 Å². The number of hydrogen-bond acceptors (Lipinski definition) is 6. The standard InChI is InChI=1S/C41H47Cl4N3O5.ClH/c1-25-6-8-28(9-7-25)16-17-47(30-12-13-30)38(49)37-33(22-31-23-46-24-35(37)48(31)39(50)53-40(4,5)41(43,44)45)29-10-14-32(15-11-29)51-18-19-52-36-21-27(3)26(2)20-34(36)42;/h6-11,14-15,20-21,30-31,35,46H,12-13,16-19,22-24H2,1-5H3;1H. The van der Waals surface area contributed by atoms with Crippen LogP contribution < -0.4 is 14.8 Å². The Balaban J connectivity index is 0.00000561. The Hall–Kier alpha value is -2.85. The Labute approximate surface area is 344 Å². The lowest BCUT2D eigenvalue weighted by Crippen LogP contribution is -2.64. The number of aryl methyl sites for hydroxylation is 3. The van der Waals surface area contributed by atoms with E-state index in [0.29, 0.717) is 61.4 Å². The summed E-state index contributed by atoms with van der Waals surface area (Å²) in [6.45, 7) is 11.4. The summed E-state index contributed by atoms with van der Waals surface area (Å²) in [7, 11) is 0. The highest BCUT2D eigenvalue weighted by molar-refractivity contribution is 6.68. The molecule has 3 aromatic carbocycles. The van der Waals surface area contributed by atoms with E-state index in [9.17, 15) is 9.59 Å². The van der Waals surface area contributed by atoms with Gasteiger partial charge in [-0.2, -0.15) is 0 Å². The van der Waals surface area contributed by atoms with E-state index >= 15 is 0 Å². The summed E-state index contributed by atoms with van der Waals surface area (Å²) in [6, 6.07) is 19.3. The normalized spacial score (nSPS) is 18.5. The first-order valence-corrected chi connectivity index (χ1v) is 19.6. The molecule has 1 saturated carbocycles. The van der Waals surface area contributed by atoms with E-state index in [4.69, 9.17) is 60.6 Å². The quantitative estimate of drug-likeness (QED) is 0.145. The largest absolute Gasteiger partial charge is 0.490 e. The third-order valence-electron chi connectivity index (χ3n) is 10.4. The number of carbonyl (C=O) groups is 2. The number of rotatable bonds is 12. The predicted octanol–water partition coefficient (Wildman–Crippen LogP) is 9.46. The average molecular weight is 840 g/mol. The van der Waals surface area contributed by atoms with Crippen LogP contribution in [0.4, 0.5) is 4.79 Å². The Morgan fingerprint density at radius 2 is 1.56 bits per heavy atom. The fourth-order valence-electron chi connectivity index (χ4n) is 6.87. The molecule has 8 nitrogen and oxygen atoms in total. The van der Waals surface area contributed by atoms with Crippen LogP contribution in [-0.4, -0.2) is 82.2 Å². The highest BCUT2D eigenvalue weighted by Crippen LogP contribution is 2.43. The van der Waals surface area contributed by atoms with E-state index in [0.717, 1.165) is 41.5 Å². The van der Waals surface area contributed by atoms with Crippen LogP contribution in [0.15, 0.2) is 66.2 Å². The number of fused-ring (bicyclic) bond motifs is 2. The van der Waals surface area contributed by atoms with E-state index < -0.39 is 21.5 Å². The highest BCUT2D eigenvalue weighted by atomic mass is 35.6. The van der Waals surface area contributed by atoms with E-state index in [2.05, 4.69) is 36.5 Å². The summed E-state index contributed by atoms with van der Waals surface area (Å²) in [5.74, 6) is 1.23. The van der Waals surface area contributed by atoms with E-state index in [1.807, 2.05) is 55.1 Å². The molecule has 2 unspecified atom stereocenters. The third-order valence-corrected chi connectivity index (χ3v) is 12.0. The number of hydrogen-bond donors (Lipinski definition) is 1. The van der Waals surface area contributed by atoms with Crippen LogP contribution in [-0.2, 0) is 16.0 Å². The number of nitrogens with one attached hydrogen (secondary N) is 1. The summed E-state index contributed by atoms with van der Waals surface area (Å²) in [5, 5.41) is 4.02. The second kappa shape index (κ2) is 17.5. The van der Waals surface area contributed by atoms with Crippen LogP contribution >= 0.6 is 58.8 Å². The van der Waals surface area contributed by atoms with Crippen molar-refractivity contribution in [1.82, 2.24) is 15.1 Å². The lowest BCUT2D eigenvalue weighted by atomic mass is 9.82. The van der Waals surface area contributed by atoms with Crippen molar-refractivity contribution < 1.29 is 23.8 Å². The van der Waals surface area contributed by atoms with Gasteiger partial charge in [0, 0.05) is 31.2 Å². The van der Waals surface area contributed by atoms with E-state index in [1.54, 1.807) is 18.7 Å². The topological polar surface area (TPSA) is 80.3 Å². The Morgan fingerprint density at radius 1 is 0.907 bits per heavy atom. The van der Waals surface area contributed by atoms with Gasteiger partial charge in [-0.1, -0.05) is 88.4 Å². The number of amides is 2. The Bertz CT molecular complexity index is 1840. The van der Waals surface area contributed by atoms with Gasteiger partial charge in [0.15, 0.2) is 5.60 Å². The molecular weight excluding hydrogens is 792 g/mol. The van der Waals surface area contributed by atoms with Gasteiger partial charge in [-0.05, 0) is 112 Å². The number of alkyl halides is 3. The molecule has 3 aliphatic rings. The average Bonchev–Trinajstić information content (AvgIpc) is 3.94. The molecule has 6 rings (SSSR count). The van der Waals surface area contributed by atoms with Gasteiger partial charge in [-0.15, -0.1) is 12.4 Å². The van der Waals surface area contributed by atoms with Crippen molar-refractivity contribution >= 4 is 76.4 Å². The molecule has 0 radical (unpaired) electrons. The lowest BCUT2D eigenvalue weighted by Gasteiger charge is -2.48. The van der Waals surface area contributed by atoms with Crippen LogP contribution in [0.3, 0.4) is 0 Å². The Morgan fingerprint density at radius 3 is 2.20 bits per heavy atom. The summed E-state index contributed by atoms with van der Waals surface area (Å²) >= 11 is 25.0. The van der Waals surface area contributed by atoms with Crippen LogP contribution in [0.2, 0.25) is 5.02 Å². The van der Waals surface area contributed by atoms with Crippen LogP contribution in [0.25, 0.3) is 5.57 Å². The van der Waals surface area contributed by atoms with Crippen LogP contribution in [0.1, 0.15) is 60.9 Å². The molecule has 292 valence electrons. The molecule has 2 heterocycles. The molecule has 2 atom stereocenters. The number of halogens is 5. The van der Waals surface area contributed by atoms with Gasteiger partial charge in [0.25, 0.3) is 5.91 Å². The first kappa shape index (κ1) is 42.3. The van der Waals surface area contributed by atoms with Gasteiger partial charge in [-0.3, -0.25) is 9.69 Å². The number of nitrogens with zero attached hydrogens (tertiary/aromatic N) is 2. The summed E-state index contributed by atoms with van der Waals surface area (Å²) in [4.78, 5) is 32.6. The van der Waals surface area contributed by atoms with Crippen molar-refractivity contribution in [3.05, 3.63) is 99.1 Å². The van der Waals surface area contributed by atoms with E-state index in [1.165, 1.54) is 11.1 Å². The summed E-state index contributed by atoms with van der Waals surface area (Å²) < 4.78 is 15.9. The van der Waals surface area contributed by atoms with Crippen molar-refractivity contribution in [2.45, 2.75) is 87.8 Å². The summed E-state index contributed by atoms with van der Waals surface area (Å²) in [5.41, 5.74) is 5.56. The molecule has 1 aliphatic carbocycles. The fourth-order valence-corrected chi connectivity index (χ4v) is 7.26. The number of benzene rings is 3. The van der Waals surface area contributed by atoms with Crippen molar-refractivity contribution in [3.8, 4) is 11.5 Å². The second-order valence-electron chi connectivity index (χ2n) is 14.8. The molecule has 2 amide bonds. The van der Waals surface area contributed by atoms with Gasteiger partial charge in [0.1, 0.15) is 24.7 Å². The monoisotopic (exact) mass is 837 g/mol. The van der Waals surface area contributed by atoms with Crippen molar-refractivity contribution in [3.63, 3.8) is 0 Å². The maximum Gasteiger partial charge on any atom is 0.411 e. The van der Waals surface area contributed by atoms with Gasteiger partial charge in [0.2, 0.25) is 3.79 Å². The molecule has 54 heavy (non-hydrogen) atoms. The Kier molecular flexibility index (Phi) is 13.7. The fraction of sp³-hybridized carbons (Fsp3) is 0.463. The molecule has 0 spiro atoms. The van der Waals surface area contributed by atoms with Crippen LogP contribution in [0, 0.1) is 20.8 Å². The molecule has 2 bridgehead atoms. The lowest BCUT2D eigenvalue weighted by molar-refractivity contribution is -0.128. The maximum absolute atomic E-state index is 14.9. The van der Waals surface area contributed by atoms with Crippen molar-refractivity contribution in [2.75, 3.05) is 32.8 Å². The third kappa shape index (κ3) is 9.74. The first-order chi connectivity index (χ1) is 25.1. The van der Waals surface area contributed by atoms with Crippen molar-refractivity contribution in [1.29, 1.82) is 0 Å². The minimum atomic E-state index is -1.85. The zero-order valence-corrected chi connectivity index (χ0v) is 35.1. The minimum Gasteiger partial charge on any atom is -0.490 e. The molecule has 2 fully saturated rings. The highest BCUT2D eigenvalue weighted by Gasteiger charge is 2.50. The zero-order valence-electron chi connectivity index (χ0n) is 31.2. The maximum atomic E-state index is 14.9. The molecule has 3 aromatic rings. The molecule has 1 saturated heterocycles. The molecular formula is C41H48Cl5N3O5. The predicted molar refractivity (Wildman–Crippen MR) is 220 cm³/mol. The molecule has 1 N–H and O–H groups in total. The van der Waals surface area contributed by atoms with E-state index in [-0.39, 0.29) is 30.4 Å². The van der Waals surface area contributed by atoms with Crippen molar-refractivity contribution in [2.24, 2.45) is 0 Å². The number of carbonyl (C=O) groups excluding carboxylic acids is 2. The number of piperazine rings is 1. The van der Waals surface area contributed by atoms with Gasteiger partial charge in [0.05, 0.1) is 17.1 Å². The smallest absolute Gasteiger partial charge is 0.411 e. The molecule has 13 heteroatoms.